The number of hydrogen-bond donors (Lipinski definition) is 1. The number of rotatable bonds is 4. The van der Waals surface area contributed by atoms with Crippen molar-refractivity contribution < 1.29 is 9.47 Å². The summed E-state index contributed by atoms with van der Waals surface area (Å²) in [6, 6.07) is 1.85. The molecule has 4 nitrogen and oxygen atoms in total. The maximum Gasteiger partial charge on any atom is 0.204 e. The second-order valence-corrected chi connectivity index (χ2v) is 5.27. The first-order valence-corrected chi connectivity index (χ1v) is 6.02. The first-order chi connectivity index (χ1) is 7.99. The lowest BCUT2D eigenvalue weighted by molar-refractivity contribution is 0.122. The molecule has 0 bridgehead atoms. The fraction of sp³-hybridized carbons (Fsp3) is 0.615. The van der Waals surface area contributed by atoms with Gasteiger partial charge in [0.2, 0.25) is 5.75 Å². The summed E-state index contributed by atoms with van der Waals surface area (Å²) in [7, 11) is 1.84. The third kappa shape index (κ3) is 3.25. The van der Waals surface area contributed by atoms with E-state index in [4.69, 9.17) is 9.47 Å². The van der Waals surface area contributed by atoms with Crippen molar-refractivity contribution in [3.05, 3.63) is 12.3 Å². The van der Waals surface area contributed by atoms with Crippen molar-refractivity contribution in [1.29, 1.82) is 0 Å². The molecule has 1 heterocycles. The highest BCUT2D eigenvalue weighted by molar-refractivity contribution is 5.58. The second kappa shape index (κ2) is 4.43. The van der Waals surface area contributed by atoms with Crippen LogP contribution in [0.15, 0.2) is 12.3 Å². The van der Waals surface area contributed by atoms with Gasteiger partial charge in [-0.15, -0.1) is 0 Å². The van der Waals surface area contributed by atoms with Crippen LogP contribution in [0.2, 0.25) is 0 Å². The van der Waals surface area contributed by atoms with Gasteiger partial charge in [0.05, 0.1) is 6.10 Å². The number of hydrogen-bond acceptors (Lipinski definition) is 4. The van der Waals surface area contributed by atoms with Gasteiger partial charge in [0.1, 0.15) is 5.60 Å². The lowest BCUT2D eigenvalue weighted by Crippen LogP contribution is -2.23. The molecule has 2 rings (SSSR count). The fourth-order valence-corrected chi connectivity index (χ4v) is 1.49. The molecule has 0 amide bonds. The molecule has 0 unspecified atom stereocenters. The summed E-state index contributed by atoms with van der Waals surface area (Å²) in [4.78, 5) is 4.25. The van der Waals surface area contributed by atoms with Gasteiger partial charge in [0, 0.05) is 19.3 Å². The molecule has 1 aliphatic rings. The van der Waals surface area contributed by atoms with Gasteiger partial charge in [-0.2, -0.15) is 0 Å². The normalized spacial score (nSPS) is 15.5. The maximum absolute atomic E-state index is 5.90. The smallest absolute Gasteiger partial charge is 0.204 e. The second-order valence-electron chi connectivity index (χ2n) is 5.27. The lowest BCUT2D eigenvalue weighted by atomic mass is 10.2. The van der Waals surface area contributed by atoms with Crippen molar-refractivity contribution >= 4 is 5.82 Å². The quantitative estimate of drug-likeness (QED) is 0.873. The van der Waals surface area contributed by atoms with Crippen LogP contribution in [-0.2, 0) is 0 Å². The zero-order valence-corrected chi connectivity index (χ0v) is 10.9. The number of pyridine rings is 1. The zero-order chi connectivity index (χ0) is 12.5. The molecule has 0 spiro atoms. The van der Waals surface area contributed by atoms with Crippen molar-refractivity contribution in [3.8, 4) is 11.5 Å². The highest BCUT2D eigenvalue weighted by Gasteiger charge is 2.27. The molecule has 0 aliphatic heterocycles. The van der Waals surface area contributed by atoms with Crippen LogP contribution in [0.5, 0.6) is 11.5 Å². The summed E-state index contributed by atoms with van der Waals surface area (Å²) >= 11 is 0. The van der Waals surface area contributed by atoms with Crippen molar-refractivity contribution in [3.63, 3.8) is 0 Å². The average molecular weight is 236 g/mol. The molecule has 1 aliphatic carbocycles. The molecule has 1 fully saturated rings. The number of nitrogens with zero attached hydrogens (tertiary/aromatic N) is 1. The van der Waals surface area contributed by atoms with E-state index in [9.17, 15) is 0 Å². The minimum atomic E-state index is -0.242. The van der Waals surface area contributed by atoms with E-state index in [-0.39, 0.29) is 5.60 Å². The van der Waals surface area contributed by atoms with E-state index in [2.05, 4.69) is 10.3 Å². The van der Waals surface area contributed by atoms with Gasteiger partial charge in [0.25, 0.3) is 0 Å². The summed E-state index contributed by atoms with van der Waals surface area (Å²) in [5, 5.41) is 3.04. The first-order valence-electron chi connectivity index (χ1n) is 6.02. The average Bonchev–Trinajstić information content (AvgIpc) is 3.02. The Morgan fingerprint density at radius 2 is 2.06 bits per heavy atom. The maximum atomic E-state index is 5.90. The first kappa shape index (κ1) is 12.0. The van der Waals surface area contributed by atoms with Crippen LogP contribution in [-0.4, -0.2) is 23.7 Å². The third-order valence-electron chi connectivity index (χ3n) is 2.33. The highest BCUT2D eigenvalue weighted by atomic mass is 16.5. The summed E-state index contributed by atoms with van der Waals surface area (Å²) in [6.07, 6.45) is 4.29. The van der Waals surface area contributed by atoms with Crippen LogP contribution in [0.1, 0.15) is 33.6 Å². The van der Waals surface area contributed by atoms with E-state index in [1.54, 1.807) is 6.20 Å². The number of nitrogens with one attached hydrogen (secondary N) is 1. The Kier molecular flexibility index (Phi) is 3.13. The summed E-state index contributed by atoms with van der Waals surface area (Å²) in [6.45, 7) is 6.06. The third-order valence-corrected chi connectivity index (χ3v) is 2.33. The zero-order valence-electron chi connectivity index (χ0n) is 10.9. The van der Waals surface area contributed by atoms with Crippen molar-refractivity contribution in [2.45, 2.75) is 45.3 Å². The Morgan fingerprint density at radius 1 is 1.35 bits per heavy atom. The number of anilines is 1. The van der Waals surface area contributed by atoms with Crippen molar-refractivity contribution in [2.24, 2.45) is 0 Å². The molecule has 4 heteroatoms. The number of aromatic nitrogens is 1. The molecule has 1 aromatic heterocycles. The molecular formula is C13H20N2O2. The van der Waals surface area contributed by atoms with E-state index in [1.165, 1.54) is 0 Å². The SMILES string of the molecule is CNc1nccc(OC(C)(C)C)c1OC1CC1. The molecule has 0 atom stereocenters. The highest BCUT2D eigenvalue weighted by Crippen LogP contribution is 2.39. The van der Waals surface area contributed by atoms with Crippen LogP contribution in [0.4, 0.5) is 5.82 Å². The van der Waals surface area contributed by atoms with Gasteiger partial charge in [-0.05, 0) is 33.6 Å². The fourth-order valence-electron chi connectivity index (χ4n) is 1.49. The monoisotopic (exact) mass is 236 g/mol. The Labute approximate surface area is 102 Å². The largest absolute Gasteiger partial charge is 0.484 e. The predicted octanol–water partition coefficient (Wildman–Crippen LogP) is 2.84. The minimum absolute atomic E-state index is 0.242. The molecule has 17 heavy (non-hydrogen) atoms. The molecule has 0 aromatic carbocycles. The van der Waals surface area contributed by atoms with Crippen molar-refractivity contribution in [1.82, 2.24) is 4.98 Å². The van der Waals surface area contributed by atoms with Gasteiger partial charge < -0.3 is 14.8 Å². The molecule has 1 saturated carbocycles. The van der Waals surface area contributed by atoms with Crippen molar-refractivity contribution in [2.75, 3.05) is 12.4 Å². The minimum Gasteiger partial charge on any atom is -0.484 e. The molecule has 0 saturated heterocycles. The van der Waals surface area contributed by atoms with Gasteiger partial charge in [0.15, 0.2) is 11.6 Å². The summed E-state index contributed by atoms with van der Waals surface area (Å²) in [5.41, 5.74) is -0.242. The van der Waals surface area contributed by atoms with Crippen LogP contribution in [0, 0.1) is 0 Å². The van der Waals surface area contributed by atoms with Crippen LogP contribution < -0.4 is 14.8 Å². The summed E-state index contributed by atoms with van der Waals surface area (Å²) in [5.74, 6) is 2.22. The Morgan fingerprint density at radius 3 is 2.59 bits per heavy atom. The van der Waals surface area contributed by atoms with E-state index < -0.39 is 0 Å². The summed E-state index contributed by atoms with van der Waals surface area (Å²) < 4.78 is 11.8. The van der Waals surface area contributed by atoms with Crippen LogP contribution >= 0.6 is 0 Å². The Balaban J connectivity index is 2.28. The van der Waals surface area contributed by atoms with Gasteiger partial charge in [-0.3, -0.25) is 0 Å². The molecule has 1 aromatic rings. The van der Waals surface area contributed by atoms with Crippen LogP contribution in [0.3, 0.4) is 0 Å². The molecule has 94 valence electrons. The van der Waals surface area contributed by atoms with E-state index in [1.807, 2.05) is 33.9 Å². The molecule has 1 N–H and O–H groups in total. The Bertz CT molecular complexity index is 395. The molecule has 0 radical (unpaired) electrons. The van der Waals surface area contributed by atoms with E-state index >= 15 is 0 Å². The molecular weight excluding hydrogens is 216 g/mol. The van der Waals surface area contributed by atoms with Gasteiger partial charge in [-0.25, -0.2) is 4.98 Å². The topological polar surface area (TPSA) is 43.4 Å². The van der Waals surface area contributed by atoms with Gasteiger partial charge >= 0.3 is 0 Å². The van der Waals surface area contributed by atoms with Crippen LogP contribution in [0.25, 0.3) is 0 Å². The standard InChI is InChI=1S/C13H20N2O2/c1-13(2,3)17-10-7-8-15-12(14-4)11(10)16-9-5-6-9/h7-9H,5-6H2,1-4H3,(H,14,15). The number of ether oxygens (including phenoxy) is 2. The van der Waals surface area contributed by atoms with E-state index in [0.29, 0.717) is 6.10 Å². The van der Waals surface area contributed by atoms with E-state index in [0.717, 1.165) is 30.2 Å². The Hall–Kier alpha value is -1.45. The predicted molar refractivity (Wildman–Crippen MR) is 67.8 cm³/mol. The van der Waals surface area contributed by atoms with Gasteiger partial charge in [-0.1, -0.05) is 0 Å². The lowest BCUT2D eigenvalue weighted by Gasteiger charge is -2.23.